The van der Waals surface area contributed by atoms with Gasteiger partial charge in [0.2, 0.25) is 0 Å². The van der Waals surface area contributed by atoms with E-state index in [-0.39, 0.29) is 5.91 Å². The minimum absolute atomic E-state index is 0.189. The number of hydrogen-bond acceptors (Lipinski definition) is 4. The van der Waals surface area contributed by atoms with Crippen LogP contribution >= 0.6 is 11.6 Å². The fraction of sp³-hybridized carbons (Fsp3) is 0.286. The first kappa shape index (κ1) is 19.9. The number of ether oxygens (including phenoxy) is 1. The molecule has 0 saturated carbocycles. The Labute approximate surface area is 169 Å². The van der Waals surface area contributed by atoms with Crippen molar-refractivity contribution in [2.75, 3.05) is 7.11 Å². The van der Waals surface area contributed by atoms with Gasteiger partial charge in [0.25, 0.3) is 5.91 Å². The number of carbonyl (C=O) groups excluding carboxylic acids is 1. The number of benzene rings is 1. The van der Waals surface area contributed by atoms with E-state index in [1.807, 2.05) is 39.0 Å². The van der Waals surface area contributed by atoms with Crippen LogP contribution in [0, 0.1) is 13.8 Å². The Balaban J connectivity index is 1.82. The van der Waals surface area contributed by atoms with Crippen molar-refractivity contribution in [1.82, 2.24) is 20.1 Å². The smallest absolute Gasteiger partial charge is 0.255 e. The van der Waals surface area contributed by atoms with Gasteiger partial charge in [0.05, 0.1) is 42.5 Å². The number of aryl methyl sites for hydroxylation is 1. The summed E-state index contributed by atoms with van der Waals surface area (Å²) in [5, 5.41) is 7.96. The molecule has 6 nitrogen and oxygen atoms in total. The van der Waals surface area contributed by atoms with Crippen LogP contribution in [0.5, 0.6) is 5.75 Å². The molecule has 1 aromatic carbocycles. The lowest BCUT2D eigenvalue weighted by Gasteiger charge is -2.13. The van der Waals surface area contributed by atoms with E-state index in [4.69, 9.17) is 16.3 Å². The van der Waals surface area contributed by atoms with Gasteiger partial charge in [0, 0.05) is 22.3 Å². The number of aromatic nitrogens is 3. The fourth-order valence-electron chi connectivity index (χ4n) is 3.24. The van der Waals surface area contributed by atoms with Crippen LogP contribution in [0.3, 0.4) is 0 Å². The number of nitrogens with zero attached hydrogens (tertiary/aromatic N) is 3. The summed E-state index contributed by atoms with van der Waals surface area (Å²) in [4.78, 5) is 17.2. The Hall–Kier alpha value is -2.86. The topological polar surface area (TPSA) is 69.0 Å². The van der Waals surface area contributed by atoms with E-state index in [1.165, 1.54) is 0 Å². The van der Waals surface area contributed by atoms with Crippen LogP contribution in [0.15, 0.2) is 36.7 Å². The van der Waals surface area contributed by atoms with Crippen LogP contribution in [-0.2, 0) is 13.0 Å². The van der Waals surface area contributed by atoms with E-state index < -0.39 is 0 Å². The molecule has 0 radical (unpaired) electrons. The molecule has 0 aliphatic carbocycles. The van der Waals surface area contributed by atoms with Crippen LogP contribution < -0.4 is 10.1 Å². The van der Waals surface area contributed by atoms with Gasteiger partial charge in [-0.2, -0.15) is 5.10 Å². The van der Waals surface area contributed by atoms with Crippen molar-refractivity contribution in [1.29, 1.82) is 0 Å². The summed E-state index contributed by atoms with van der Waals surface area (Å²) >= 11 is 6.09. The Morgan fingerprint density at radius 2 is 2.07 bits per heavy atom. The second-order valence-electron chi connectivity index (χ2n) is 6.48. The van der Waals surface area contributed by atoms with E-state index in [0.717, 1.165) is 34.0 Å². The lowest BCUT2D eigenvalue weighted by molar-refractivity contribution is 0.0949. The molecule has 28 heavy (non-hydrogen) atoms. The molecule has 7 heteroatoms. The molecule has 146 valence electrons. The van der Waals surface area contributed by atoms with Gasteiger partial charge >= 0.3 is 0 Å². The second kappa shape index (κ2) is 8.44. The Morgan fingerprint density at radius 3 is 2.75 bits per heavy atom. The molecule has 0 aliphatic rings. The van der Waals surface area contributed by atoms with E-state index >= 15 is 0 Å². The molecule has 0 atom stereocenters. The zero-order valence-electron chi connectivity index (χ0n) is 16.4. The lowest BCUT2D eigenvalue weighted by atomic mass is 10.1. The zero-order chi connectivity index (χ0) is 20.3. The Morgan fingerprint density at radius 1 is 1.29 bits per heavy atom. The van der Waals surface area contributed by atoms with Gasteiger partial charge in [-0.1, -0.05) is 24.6 Å². The molecule has 0 bridgehead atoms. The third kappa shape index (κ3) is 3.87. The Bertz CT molecular complexity index is 1010. The van der Waals surface area contributed by atoms with E-state index in [0.29, 0.717) is 23.6 Å². The number of amides is 1. The maximum absolute atomic E-state index is 12.8. The summed E-state index contributed by atoms with van der Waals surface area (Å²) in [6, 6.07) is 7.39. The standard InChI is InChI=1S/C21H23ClN4O2/c1-5-19-17(11-25-26(19)16-8-6-7-15(22)9-16)21(27)24-12-18-14(3)20(28-4)13(2)10-23-18/h6-11H,5,12H2,1-4H3,(H,24,27). The third-order valence-corrected chi connectivity index (χ3v) is 4.90. The number of methoxy groups -OCH3 is 1. The van der Waals surface area contributed by atoms with Crippen molar-refractivity contribution in [3.63, 3.8) is 0 Å². The van der Waals surface area contributed by atoms with Crippen LogP contribution in [0.25, 0.3) is 5.69 Å². The minimum atomic E-state index is -0.189. The van der Waals surface area contributed by atoms with Crippen molar-refractivity contribution >= 4 is 17.5 Å². The molecule has 2 aromatic heterocycles. The number of rotatable bonds is 6. The molecule has 3 aromatic rings. The first-order valence-corrected chi connectivity index (χ1v) is 9.44. The summed E-state index contributed by atoms with van der Waals surface area (Å²) < 4.78 is 7.18. The van der Waals surface area contributed by atoms with Gasteiger partial charge in [-0.25, -0.2) is 4.68 Å². The molecular formula is C21H23ClN4O2. The maximum atomic E-state index is 12.8. The Kier molecular flexibility index (Phi) is 5.99. The highest BCUT2D eigenvalue weighted by Crippen LogP contribution is 2.24. The van der Waals surface area contributed by atoms with Crippen molar-refractivity contribution in [2.24, 2.45) is 0 Å². The van der Waals surface area contributed by atoms with Crippen molar-refractivity contribution in [2.45, 2.75) is 33.7 Å². The fourth-order valence-corrected chi connectivity index (χ4v) is 3.43. The van der Waals surface area contributed by atoms with Gasteiger partial charge in [0.1, 0.15) is 5.75 Å². The first-order valence-electron chi connectivity index (χ1n) is 9.06. The first-order chi connectivity index (χ1) is 13.5. The van der Waals surface area contributed by atoms with Crippen LogP contribution in [-0.4, -0.2) is 27.8 Å². The monoisotopic (exact) mass is 398 g/mol. The molecule has 0 spiro atoms. The highest BCUT2D eigenvalue weighted by molar-refractivity contribution is 6.30. The van der Waals surface area contributed by atoms with Gasteiger partial charge in [0.15, 0.2) is 0 Å². The van der Waals surface area contributed by atoms with Gasteiger partial charge in [-0.05, 0) is 38.5 Å². The molecule has 0 unspecified atom stereocenters. The summed E-state index contributed by atoms with van der Waals surface area (Å²) in [6.45, 7) is 6.19. The van der Waals surface area contributed by atoms with Gasteiger partial charge in [-0.15, -0.1) is 0 Å². The summed E-state index contributed by atoms with van der Waals surface area (Å²) in [5.41, 5.74) is 4.85. The van der Waals surface area contributed by atoms with Gasteiger partial charge < -0.3 is 10.1 Å². The zero-order valence-corrected chi connectivity index (χ0v) is 17.2. The van der Waals surface area contributed by atoms with Crippen molar-refractivity contribution in [3.8, 4) is 11.4 Å². The van der Waals surface area contributed by atoms with E-state index in [1.54, 1.807) is 30.3 Å². The van der Waals surface area contributed by atoms with Crippen LogP contribution in [0.1, 0.15) is 39.8 Å². The minimum Gasteiger partial charge on any atom is -0.496 e. The summed E-state index contributed by atoms with van der Waals surface area (Å²) in [6.07, 6.45) is 4.00. The predicted molar refractivity (Wildman–Crippen MR) is 109 cm³/mol. The van der Waals surface area contributed by atoms with Crippen molar-refractivity contribution < 1.29 is 9.53 Å². The number of halogens is 1. The highest BCUT2D eigenvalue weighted by atomic mass is 35.5. The SMILES string of the molecule is CCc1c(C(=O)NCc2ncc(C)c(OC)c2C)cnn1-c1cccc(Cl)c1. The molecule has 0 fully saturated rings. The van der Waals surface area contributed by atoms with E-state index in [2.05, 4.69) is 15.4 Å². The van der Waals surface area contributed by atoms with Crippen molar-refractivity contribution in [3.05, 3.63) is 69.8 Å². The molecule has 2 heterocycles. The van der Waals surface area contributed by atoms with E-state index in [9.17, 15) is 4.79 Å². The summed E-state index contributed by atoms with van der Waals surface area (Å²) in [5.74, 6) is 0.605. The second-order valence-corrected chi connectivity index (χ2v) is 6.92. The van der Waals surface area contributed by atoms with Gasteiger partial charge in [-0.3, -0.25) is 9.78 Å². The third-order valence-electron chi connectivity index (χ3n) is 4.67. The maximum Gasteiger partial charge on any atom is 0.255 e. The number of carbonyl (C=O) groups is 1. The normalized spacial score (nSPS) is 10.8. The van der Waals surface area contributed by atoms with Crippen LogP contribution in [0.4, 0.5) is 0 Å². The molecule has 3 rings (SSSR count). The predicted octanol–water partition coefficient (Wildman–Crippen LogP) is 4.04. The molecule has 1 N–H and O–H groups in total. The highest BCUT2D eigenvalue weighted by Gasteiger charge is 2.18. The average molecular weight is 399 g/mol. The average Bonchev–Trinajstić information content (AvgIpc) is 3.11. The number of pyridine rings is 1. The molecule has 0 aliphatic heterocycles. The quantitative estimate of drug-likeness (QED) is 0.680. The number of nitrogens with one attached hydrogen (secondary N) is 1. The largest absolute Gasteiger partial charge is 0.496 e. The number of hydrogen-bond donors (Lipinski definition) is 1. The summed E-state index contributed by atoms with van der Waals surface area (Å²) in [7, 11) is 1.63. The van der Waals surface area contributed by atoms with Crippen LogP contribution in [0.2, 0.25) is 5.02 Å². The molecular weight excluding hydrogens is 376 g/mol. The molecule has 1 amide bonds. The lowest BCUT2D eigenvalue weighted by Crippen LogP contribution is -2.25. The molecule has 0 saturated heterocycles.